The molecule has 1 aromatic heterocycles. The van der Waals surface area contributed by atoms with Crippen molar-refractivity contribution >= 4 is 68.6 Å². The van der Waals surface area contributed by atoms with E-state index in [2.05, 4.69) is 4.98 Å². The molecule has 0 saturated carbocycles. The second-order valence-electron chi connectivity index (χ2n) is 5.59. The van der Waals surface area contributed by atoms with Gasteiger partial charge in [-0.2, -0.15) is 0 Å². The molecule has 7 nitrogen and oxygen atoms in total. The van der Waals surface area contributed by atoms with Gasteiger partial charge >= 0.3 is 5.97 Å². The van der Waals surface area contributed by atoms with Crippen molar-refractivity contribution < 1.29 is 24.2 Å². The first-order chi connectivity index (χ1) is 13.4. The number of ketones is 1. The molecule has 1 atom stereocenters. The molecule has 28 heavy (non-hydrogen) atoms. The third kappa shape index (κ3) is 4.55. The average Bonchev–Trinajstić information content (AvgIpc) is 3.23. The van der Waals surface area contributed by atoms with Crippen molar-refractivity contribution in [3.8, 4) is 11.5 Å². The third-order valence-corrected chi connectivity index (χ3v) is 6.29. The van der Waals surface area contributed by atoms with Crippen molar-refractivity contribution in [2.24, 2.45) is 0 Å². The van der Waals surface area contributed by atoms with Gasteiger partial charge in [-0.15, -0.1) is 11.3 Å². The standard InChI is InChI=1S/C18H15IN2O5S2/c1-2-25-11-6-9(5-10(19)16(11)26-8-13(22)23)7-12-15(24)14(17(20)28-12)18-21-3-4-27-18/h3-7,14,20H,2,8H2,1H3,(H,22,23)/b12-7-,20-17?/t14-/m0/s1. The van der Waals surface area contributed by atoms with E-state index in [1.807, 2.05) is 29.5 Å². The number of rotatable bonds is 7. The zero-order valence-corrected chi connectivity index (χ0v) is 18.4. The van der Waals surface area contributed by atoms with Gasteiger partial charge in [0.05, 0.1) is 20.1 Å². The van der Waals surface area contributed by atoms with Gasteiger partial charge in [0, 0.05) is 11.6 Å². The molecule has 1 aliphatic rings. The SMILES string of the molecule is CCOc1cc(/C=C2\SC(=N)[C@@H](c3nccs3)C2=O)cc(I)c1OCC(=O)O. The number of thiazole rings is 1. The van der Waals surface area contributed by atoms with Crippen LogP contribution in [0.25, 0.3) is 6.08 Å². The summed E-state index contributed by atoms with van der Waals surface area (Å²) in [4.78, 5) is 28.2. The van der Waals surface area contributed by atoms with E-state index in [-0.39, 0.29) is 10.8 Å². The van der Waals surface area contributed by atoms with Crippen LogP contribution in [0.15, 0.2) is 28.6 Å². The minimum atomic E-state index is -1.08. The van der Waals surface area contributed by atoms with E-state index in [0.29, 0.717) is 37.2 Å². The first kappa shape index (κ1) is 20.8. The topological polar surface area (TPSA) is 110 Å². The number of aromatic nitrogens is 1. The number of ether oxygens (including phenoxy) is 2. The summed E-state index contributed by atoms with van der Waals surface area (Å²) in [5.41, 5.74) is 0.707. The van der Waals surface area contributed by atoms with Gasteiger partial charge in [0.15, 0.2) is 23.9 Å². The molecule has 1 fully saturated rings. The van der Waals surface area contributed by atoms with E-state index in [0.717, 1.165) is 11.8 Å². The molecule has 0 bridgehead atoms. The predicted molar refractivity (Wildman–Crippen MR) is 117 cm³/mol. The Morgan fingerprint density at radius 2 is 2.21 bits per heavy atom. The molecule has 2 aromatic rings. The number of carboxylic acids is 1. The molecule has 2 N–H and O–H groups in total. The maximum atomic E-state index is 12.8. The fourth-order valence-corrected chi connectivity index (χ4v) is 5.14. The summed E-state index contributed by atoms with van der Waals surface area (Å²) < 4.78 is 11.6. The van der Waals surface area contributed by atoms with Crippen molar-refractivity contribution in [3.05, 3.63) is 42.8 Å². The van der Waals surface area contributed by atoms with Crippen molar-refractivity contribution in [2.45, 2.75) is 12.8 Å². The molecule has 0 spiro atoms. The quantitative estimate of drug-likeness (QED) is 0.411. The van der Waals surface area contributed by atoms with E-state index < -0.39 is 18.5 Å². The van der Waals surface area contributed by atoms with Crippen molar-refractivity contribution in [1.82, 2.24) is 4.98 Å². The van der Waals surface area contributed by atoms with Gasteiger partial charge in [0.1, 0.15) is 10.9 Å². The van der Waals surface area contributed by atoms with Crippen LogP contribution in [-0.4, -0.2) is 40.1 Å². The van der Waals surface area contributed by atoms with E-state index >= 15 is 0 Å². The molecular formula is C18H15IN2O5S2. The Morgan fingerprint density at radius 1 is 1.43 bits per heavy atom. The monoisotopic (exact) mass is 530 g/mol. The first-order valence-corrected chi connectivity index (χ1v) is 10.9. The lowest BCUT2D eigenvalue weighted by molar-refractivity contribution is -0.139. The molecule has 0 amide bonds. The molecule has 0 aliphatic carbocycles. The predicted octanol–water partition coefficient (Wildman–Crippen LogP) is 4.03. The van der Waals surface area contributed by atoms with Crippen LogP contribution in [0.5, 0.6) is 11.5 Å². The Balaban J connectivity index is 1.92. The van der Waals surface area contributed by atoms with Gasteiger partial charge in [0.2, 0.25) is 0 Å². The first-order valence-electron chi connectivity index (χ1n) is 8.13. The molecule has 10 heteroatoms. The van der Waals surface area contributed by atoms with Crippen molar-refractivity contribution in [3.63, 3.8) is 0 Å². The average molecular weight is 530 g/mol. The minimum absolute atomic E-state index is 0.149. The Morgan fingerprint density at radius 3 is 2.86 bits per heavy atom. The van der Waals surface area contributed by atoms with Gasteiger partial charge in [-0.3, -0.25) is 10.2 Å². The molecule has 2 heterocycles. The van der Waals surface area contributed by atoms with Crippen LogP contribution in [0.3, 0.4) is 0 Å². The number of carboxylic acid groups (broad SMARTS) is 1. The summed E-state index contributed by atoms with van der Waals surface area (Å²) in [6, 6.07) is 3.48. The summed E-state index contributed by atoms with van der Waals surface area (Å²) in [6.45, 7) is 1.72. The highest BCUT2D eigenvalue weighted by Gasteiger charge is 2.38. The van der Waals surface area contributed by atoms with Gasteiger partial charge < -0.3 is 14.6 Å². The number of nitrogens with zero attached hydrogens (tertiary/aromatic N) is 1. The fraction of sp³-hybridized carbons (Fsp3) is 0.222. The highest BCUT2D eigenvalue weighted by Crippen LogP contribution is 2.42. The number of hydrogen-bond donors (Lipinski definition) is 2. The van der Waals surface area contributed by atoms with Gasteiger partial charge in [-0.25, -0.2) is 9.78 Å². The lowest BCUT2D eigenvalue weighted by Gasteiger charge is -2.13. The van der Waals surface area contributed by atoms with E-state index in [1.165, 1.54) is 11.3 Å². The summed E-state index contributed by atoms with van der Waals surface area (Å²) in [6.07, 6.45) is 3.33. The number of carbonyl (C=O) groups excluding carboxylic acids is 1. The minimum Gasteiger partial charge on any atom is -0.490 e. The van der Waals surface area contributed by atoms with Crippen LogP contribution in [0.4, 0.5) is 0 Å². The Kier molecular flexibility index (Phi) is 6.73. The van der Waals surface area contributed by atoms with E-state index in [4.69, 9.17) is 20.0 Å². The Hall–Kier alpha value is -1.92. The Bertz CT molecular complexity index is 959. The van der Waals surface area contributed by atoms with Crippen molar-refractivity contribution in [1.29, 1.82) is 5.41 Å². The van der Waals surface area contributed by atoms with E-state index in [9.17, 15) is 9.59 Å². The molecule has 1 saturated heterocycles. The van der Waals surface area contributed by atoms with Crippen LogP contribution in [0.1, 0.15) is 23.4 Å². The molecule has 146 valence electrons. The number of carbonyl (C=O) groups is 2. The zero-order valence-electron chi connectivity index (χ0n) is 14.6. The number of aliphatic carboxylic acids is 1. The number of thioether (sulfide) groups is 1. The van der Waals surface area contributed by atoms with Crippen molar-refractivity contribution in [2.75, 3.05) is 13.2 Å². The highest BCUT2D eigenvalue weighted by atomic mass is 127. The lowest BCUT2D eigenvalue weighted by atomic mass is 10.0. The number of allylic oxidation sites excluding steroid dienone is 1. The third-order valence-electron chi connectivity index (χ3n) is 3.65. The smallest absolute Gasteiger partial charge is 0.341 e. The maximum Gasteiger partial charge on any atom is 0.341 e. The number of benzene rings is 1. The summed E-state index contributed by atoms with van der Waals surface area (Å²) in [7, 11) is 0. The molecule has 3 rings (SSSR count). The number of Topliss-reactive ketones (excluding diaryl/α,β-unsaturated/α-hetero) is 1. The summed E-state index contributed by atoms with van der Waals surface area (Å²) >= 11 is 4.52. The number of nitrogens with one attached hydrogen (secondary N) is 1. The Labute approximate surface area is 182 Å². The largest absolute Gasteiger partial charge is 0.490 e. The summed E-state index contributed by atoms with van der Waals surface area (Å²) in [5, 5.41) is 19.7. The van der Waals surface area contributed by atoms with Crippen LogP contribution in [-0.2, 0) is 9.59 Å². The maximum absolute atomic E-state index is 12.8. The van der Waals surface area contributed by atoms with Crippen LogP contribution in [0, 0.1) is 8.98 Å². The van der Waals surface area contributed by atoms with Crippen LogP contribution >= 0.6 is 45.7 Å². The highest BCUT2D eigenvalue weighted by molar-refractivity contribution is 14.1. The second kappa shape index (κ2) is 9.05. The second-order valence-corrected chi connectivity index (χ2v) is 8.76. The van der Waals surface area contributed by atoms with Gasteiger partial charge in [0.25, 0.3) is 0 Å². The normalized spacial score (nSPS) is 17.9. The molecular weight excluding hydrogens is 515 g/mol. The molecule has 0 unspecified atom stereocenters. The molecule has 1 aliphatic heterocycles. The number of halogens is 1. The lowest BCUT2D eigenvalue weighted by Crippen LogP contribution is -2.11. The van der Waals surface area contributed by atoms with E-state index in [1.54, 1.807) is 29.8 Å². The molecule has 1 aromatic carbocycles. The molecule has 0 radical (unpaired) electrons. The summed E-state index contributed by atoms with van der Waals surface area (Å²) in [5.74, 6) is -1.11. The van der Waals surface area contributed by atoms with Gasteiger partial charge in [-0.05, 0) is 53.3 Å². The zero-order chi connectivity index (χ0) is 20.3. The van der Waals surface area contributed by atoms with Gasteiger partial charge in [-0.1, -0.05) is 11.8 Å². The number of hydrogen-bond acceptors (Lipinski definition) is 8. The fourth-order valence-electron chi connectivity index (χ4n) is 2.55. The van der Waals surface area contributed by atoms with Crippen LogP contribution in [0.2, 0.25) is 0 Å². The van der Waals surface area contributed by atoms with Crippen LogP contribution < -0.4 is 9.47 Å².